The van der Waals surface area contributed by atoms with Gasteiger partial charge in [0.25, 0.3) is 0 Å². The third-order valence-corrected chi connectivity index (χ3v) is 3.10. The van der Waals surface area contributed by atoms with Crippen molar-refractivity contribution in [3.05, 3.63) is 10.5 Å². The minimum Gasteiger partial charge on any atom is -0.480 e. The van der Waals surface area contributed by atoms with Gasteiger partial charge in [-0.05, 0) is 13.8 Å². The van der Waals surface area contributed by atoms with Crippen LogP contribution in [-0.2, 0) is 4.79 Å². The summed E-state index contributed by atoms with van der Waals surface area (Å²) in [5.41, 5.74) is 4.98. The second kappa shape index (κ2) is 5.17. The number of carbonyl (C=O) groups is 1. The summed E-state index contributed by atoms with van der Waals surface area (Å²) in [7, 11) is 0. The molecule has 1 aromatic rings. The molecule has 0 spiro atoms. The number of hydrogen-bond acceptors (Lipinski definition) is 5. The van der Waals surface area contributed by atoms with Crippen LogP contribution in [0.5, 0.6) is 0 Å². The van der Waals surface area contributed by atoms with Gasteiger partial charge in [-0.25, -0.2) is 9.89 Å². The minimum atomic E-state index is -1.02. The molecule has 1 heterocycles. The summed E-state index contributed by atoms with van der Waals surface area (Å²) in [4.78, 5) is 22.2. The fourth-order valence-electron chi connectivity index (χ4n) is 1.16. The molecule has 90 valence electrons. The third-order valence-electron chi connectivity index (χ3n) is 1.93. The van der Waals surface area contributed by atoms with Crippen molar-refractivity contribution < 1.29 is 9.90 Å². The van der Waals surface area contributed by atoms with Gasteiger partial charge in [-0.15, -0.1) is 5.10 Å². The first kappa shape index (κ1) is 12.8. The number of carboxylic acids is 1. The van der Waals surface area contributed by atoms with Crippen molar-refractivity contribution in [3.8, 4) is 0 Å². The Morgan fingerprint density at radius 3 is 2.75 bits per heavy atom. The molecule has 1 atom stereocenters. The van der Waals surface area contributed by atoms with Gasteiger partial charge < -0.3 is 10.8 Å². The Labute approximate surface area is 96.0 Å². The van der Waals surface area contributed by atoms with Gasteiger partial charge in [0, 0.05) is 12.6 Å². The van der Waals surface area contributed by atoms with Crippen LogP contribution in [0.4, 0.5) is 0 Å². The highest BCUT2D eigenvalue weighted by atomic mass is 32.2. The van der Waals surface area contributed by atoms with E-state index in [9.17, 15) is 9.59 Å². The van der Waals surface area contributed by atoms with E-state index in [0.29, 0.717) is 5.16 Å². The molecule has 16 heavy (non-hydrogen) atoms. The Morgan fingerprint density at radius 1 is 1.69 bits per heavy atom. The predicted molar refractivity (Wildman–Crippen MR) is 59.6 cm³/mol. The minimum absolute atomic E-state index is 0.0147. The fourth-order valence-corrected chi connectivity index (χ4v) is 2.11. The van der Waals surface area contributed by atoms with E-state index in [1.807, 2.05) is 13.8 Å². The van der Waals surface area contributed by atoms with Gasteiger partial charge in [-0.1, -0.05) is 11.8 Å². The van der Waals surface area contributed by atoms with E-state index in [4.69, 9.17) is 10.8 Å². The zero-order valence-corrected chi connectivity index (χ0v) is 9.82. The molecule has 0 aliphatic rings. The van der Waals surface area contributed by atoms with Crippen molar-refractivity contribution in [1.29, 1.82) is 0 Å². The highest BCUT2D eigenvalue weighted by Crippen LogP contribution is 2.21. The van der Waals surface area contributed by atoms with Crippen molar-refractivity contribution in [2.24, 2.45) is 5.73 Å². The van der Waals surface area contributed by atoms with E-state index >= 15 is 0 Å². The number of nitrogens with one attached hydrogen (secondary N) is 1. The number of aromatic amines is 1. The number of carboxylic acid groups (broad SMARTS) is 1. The zero-order valence-electron chi connectivity index (χ0n) is 9.01. The first-order chi connectivity index (χ1) is 7.47. The highest BCUT2D eigenvalue weighted by Gasteiger charge is 2.21. The monoisotopic (exact) mass is 246 g/mol. The molecule has 0 radical (unpaired) electrons. The van der Waals surface area contributed by atoms with Crippen LogP contribution >= 0.6 is 11.8 Å². The van der Waals surface area contributed by atoms with E-state index in [0.717, 1.165) is 11.8 Å². The van der Waals surface area contributed by atoms with Crippen molar-refractivity contribution in [2.75, 3.05) is 6.54 Å². The average molecular weight is 246 g/mol. The summed E-state index contributed by atoms with van der Waals surface area (Å²) in [6.07, 6.45) is 0. The van der Waals surface area contributed by atoms with Gasteiger partial charge in [0.15, 0.2) is 5.16 Å². The maximum atomic E-state index is 11.4. The molecule has 0 aliphatic heterocycles. The van der Waals surface area contributed by atoms with Crippen LogP contribution in [-0.4, -0.2) is 37.6 Å². The van der Waals surface area contributed by atoms with E-state index < -0.39 is 11.2 Å². The van der Waals surface area contributed by atoms with Crippen molar-refractivity contribution in [2.45, 2.75) is 30.3 Å². The summed E-state index contributed by atoms with van der Waals surface area (Å²) in [6, 6.07) is -0.0824. The van der Waals surface area contributed by atoms with Gasteiger partial charge in [-0.3, -0.25) is 9.36 Å². The SMILES string of the molecule is CC(C)n1c(SC(CN)C(=O)O)n[nH]c1=O. The second-order valence-corrected chi connectivity index (χ2v) is 4.63. The molecule has 8 heteroatoms. The Morgan fingerprint density at radius 2 is 2.31 bits per heavy atom. The van der Waals surface area contributed by atoms with E-state index in [2.05, 4.69) is 10.2 Å². The number of H-pyrrole nitrogens is 1. The molecule has 1 unspecified atom stereocenters. The standard InChI is InChI=1S/C8H14N4O3S/c1-4(2)12-7(15)10-11-8(12)16-5(3-9)6(13)14/h4-5H,3,9H2,1-2H3,(H,10,15)(H,13,14). The van der Waals surface area contributed by atoms with Crippen molar-refractivity contribution in [3.63, 3.8) is 0 Å². The Hall–Kier alpha value is -1.28. The van der Waals surface area contributed by atoms with Gasteiger partial charge >= 0.3 is 11.7 Å². The topological polar surface area (TPSA) is 114 Å². The predicted octanol–water partition coefficient (Wildman–Crippen LogP) is -0.344. The van der Waals surface area contributed by atoms with Gasteiger partial charge in [0.2, 0.25) is 0 Å². The van der Waals surface area contributed by atoms with Crippen LogP contribution in [0.15, 0.2) is 9.95 Å². The number of nitrogens with two attached hydrogens (primary N) is 1. The second-order valence-electron chi connectivity index (χ2n) is 3.46. The van der Waals surface area contributed by atoms with E-state index in [-0.39, 0.29) is 18.3 Å². The highest BCUT2D eigenvalue weighted by molar-refractivity contribution is 8.00. The number of nitrogens with zero attached hydrogens (tertiary/aromatic N) is 2. The molecule has 1 rings (SSSR count). The largest absolute Gasteiger partial charge is 0.480 e. The van der Waals surface area contributed by atoms with Crippen LogP contribution in [0.2, 0.25) is 0 Å². The number of rotatable bonds is 5. The fraction of sp³-hybridized carbons (Fsp3) is 0.625. The maximum Gasteiger partial charge on any atom is 0.344 e. The zero-order chi connectivity index (χ0) is 12.3. The quantitative estimate of drug-likeness (QED) is 0.612. The Kier molecular flexibility index (Phi) is 4.13. The molecule has 0 fully saturated rings. The van der Waals surface area contributed by atoms with Crippen LogP contribution in [0, 0.1) is 0 Å². The molecule has 0 aliphatic carbocycles. The molecule has 1 aromatic heterocycles. The Balaban J connectivity index is 2.97. The summed E-state index contributed by atoms with van der Waals surface area (Å²) >= 11 is 0.969. The number of thioether (sulfide) groups is 1. The maximum absolute atomic E-state index is 11.4. The molecule has 0 aromatic carbocycles. The first-order valence-electron chi connectivity index (χ1n) is 4.73. The summed E-state index contributed by atoms with van der Waals surface area (Å²) in [6.45, 7) is 3.62. The average Bonchev–Trinajstić information content (AvgIpc) is 2.55. The number of hydrogen-bond donors (Lipinski definition) is 3. The molecule has 7 nitrogen and oxygen atoms in total. The van der Waals surface area contributed by atoms with Crippen molar-refractivity contribution >= 4 is 17.7 Å². The molecule has 0 saturated carbocycles. The lowest BCUT2D eigenvalue weighted by atomic mass is 10.4. The van der Waals surface area contributed by atoms with Crippen LogP contribution in [0.3, 0.4) is 0 Å². The van der Waals surface area contributed by atoms with Gasteiger partial charge in [0.1, 0.15) is 5.25 Å². The smallest absolute Gasteiger partial charge is 0.344 e. The molecular formula is C8H14N4O3S. The first-order valence-corrected chi connectivity index (χ1v) is 5.61. The molecular weight excluding hydrogens is 232 g/mol. The number of aromatic nitrogens is 3. The van der Waals surface area contributed by atoms with Crippen LogP contribution < -0.4 is 11.4 Å². The lowest BCUT2D eigenvalue weighted by Crippen LogP contribution is -2.27. The Bertz CT molecular complexity index is 425. The summed E-state index contributed by atoms with van der Waals surface area (Å²) in [5.74, 6) is -1.02. The summed E-state index contributed by atoms with van der Waals surface area (Å²) < 4.78 is 1.40. The van der Waals surface area contributed by atoms with Gasteiger partial charge in [-0.2, -0.15) is 0 Å². The summed E-state index contributed by atoms with van der Waals surface area (Å²) in [5, 5.41) is 14.5. The lowest BCUT2D eigenvalue weighted by Gasteiger charge is -2.11. The van der Waals surface area contributed by atoms with Gasteiger partial charge in [0.05, 0.1) is 0 Å². The normalized spacial score (nSPS) is 13.0. The van der Waals surface area contributed by atoms with E-state index in [1.54, 1.807) is 0 Å². The lowest BCUT2D eigenvalue weighted by molar-refractivity contribution is -0.136. The molecule has 4 N–H and O–H groups in total. The third kappa shape index (κ3) is 2.64. The molecule has 0 saturated heterocycles. The van der Waals surface area contributed by atoms with E-state index in [1.165, 1.54) is 4.57 Å². The number of aliphatic carboxylic acids is 1. The van der Waals surface area contributed by atoms with Crippen LogP contribution in [0.1, 0.15) is 19.9 Å². The van der Waals surface area contributed by atoms with Crippen molar-refractivity contribution in [1.82, 2.24) is 14.8 Å². The molecule has 0 amide bonds. The molecule has 0 bridgehead atoms. The van der Waals surface area contributed by atoms with Crippen LogP contribution in [0.25, 0.3) is 0 Å².